The van der Waals surface area contributed by atoms with Gasteiger partial charge < -0.3 is 10.6 Å². The molecule has 0 amide bonds. The van der Waals surface area contributed by atoms with Crippen molar-refractivity contribution in [1.82, 2.24) is 9.97 Å². The number of nitrogens with zero attached hydrogens (tertiary/aromatic N) is 2. The molecule has 0 aliphatic rings. The fourth-order valence-corrected chi connectivity index (χ4v) is 1.75. The molecule has 1 aromatic heterocycles. The van der Waals surface area contributed by atoms with Crippen LogP contribution in [0.3, 0.4) is 0 Å². The maximum atomic E-state index is 12.7. The number of anilines is 3. The van der Waals surface area contributed by atoms with Gasteiger partial charge in [0.15, 0.2) is 0 Å². The molecule has 118 valence electrons. The fourth-order valence-electron chi connectivity index (χ4n) is 1.75. The van der Waals surface area contributed by atoms with E-state index in [2.05, 4.69) is 34.4 Å². The van der Waals surface area contributed by atoms with E-state index in [9.17, 15) is 13.2 Å². The number of hydrogen-bond donors (Lipinski definition) is 2. The summed E-state index contributed by atoms with van der Waals surface area (Å²) in [4.78, 5) is 8.08. The summed E-state index contributed by atoms with van der Waals surface area (Å²) in [5.41, 5.74) is -0.381. The summed E-state index contributed by atoms with van der Waals surface area (Å²) in [5.74, 6) is 1.51. The van der Waals surface area contributed by atoms with Crippen molar-refractivity contribution in [3.63, 3.8) is 0 Å². The molecule has 2 N–H and O–H groups in total. The third kappa shape index (κ3) is 4.61. The van der Waals surface area contributed by atoms with Crippen molar-refractivity contribution in [1.29, 1.82) is 0 Å². The molecule has 0 aliphatic heterocycles. The standard InChI is InChI=1S/C15H17F3N4/c1-10(2)8-19-13-7-14(21-9-20-13)22-12-5-3-4-11(6-12)15(16,17)18/h3-7,9-10H,8H2,1-2H3,(H2,19,20,21,22). The molecule has 2 aromatic rings. The number of benzene rings is 1. The molecule has 7 heteroatoms. The number of nitrogens with one attached hydrogen (secondary N) is 2. The van der Waals surface area contributed by atoms with Crippen molar-refractivity contribution in [3.8, 4) is 0 Å². The lowest BCUT2D eigenvalue weighted by Crippen LogP contribution is -2.09. The van der Waals surface area contributed by atoms with Crippen LogP contribution >= 0.6 is 0 Å². The summed E-state index contributed by atoms with van der Waals surface area (Å²) in [6.45, 7) is 4.88. The zero-order valence-corrected chi connectivity index (χ0v) is 12.3. The molecule has 0 fully saturated rings. The first-order chi connectivity index (χ1) is 10.3. The second kappa shape index (κ2) is 6.64. The highest BCUT2D eigenvalue weighted by atomic mass is 19.4. The van der Waals surface area contributed by atoms with Gasteiger partial charge in [0, 0.05) is 18.3 Å². The lowest BCUT2D eigenvalue weighted by atomic mass is 10.2. The largest absolute Gasteiger partial charge is 0.416 e. The molecule has 0 unspecified atom stereocenters. The van der Waals surface area contributed by atoms with Crippen LogP contribution in [0.4, 0.5) is 30.5 Å². The van der Waals surface area contributed by atoms with Gasteiger partial charge in [-0.05, 0) is 24.1 Å². The van der Waals surface area contributed by atoms with E-state index in [0.717, 1.165) is 18.7 Å². The molecule has 1 aromatic carbocycles. The monoisotopic (exact) mass is 310 g/mol. The average Bonchev–Trinajstić information content (AvgIpc) is 2.45. The first kappa shape index (κ1) is 16.1. The van der Waals surface area contributed by atoms with Gasteiger partial charge >= 0.3 is 6.18 Å². The lowest BCUT2D eigenvalue weighted by molar-refractivity contribution is -0.137. The normalized spacial score (nSPS) is 11.5. The number of halogens is 3. The van der Waals surface area contributed by atoms with Gasteiger partial charge in [-0.15, -0.1) is 0 Å². The molecule has 22 heavy (non-hydrogen) atoms. The maximum Gasteiger partial charge on any atom is 0.416 e. The van der Waals surface area contributed by atoms with E-state index in [1.807, 2.05) is 0 Å². The molecular weight excluding hydrogens is 293 g/mol. The third-order valence-electron chi connectivity index (χ3n) is 2.82. The van der Waals surface area contributed by atoms with Gasteiger partial charge in [-0.3, -0.25) is 0 Å². The van der Waals surface area contributed by atoms with Crippen LogP contribution in [-0.2, 0) is 6.18 Å². The van der Waals surface area contributed by atoms with Crippen LogP contribution in [0.15, 0.2) is 36.7 Å². The average molecular weight is 310 g/mol. The molecule has 0 saturated carbocycles. The Morgan fingerprint density at radius 1 is 1.09 bits per heavy atom. The summed E-state index contributed by atoms with van der Waals surface area (Å²) in [7, 11) is 0. The molecule has 0 aliphatic carbocycles. The number of aromatic nitrogens is 2. The summed E-state index contributed by atoms with van der Waals surface area (Å²) in [6, 6.07) is 6.63. The smallest absolute Gasteiger partial charge is 0.370 e. The zero-order chi connectivity index (χ0) is 16.2. The Labute approximate surface area is 126 Å². The first-order valence-electron chi connectivity index (χ1n) is 6.85. The van der Waals surface area contributed by atoms with Crippen LogP contribution in [0.1, 0.15) is 19.4 Å². The molecule has 0 atom stereocenters. The van der Waals surface area contributed by atoms with Crippen molar-refractivity contribution >= 4 is 17.3 Å². The fraction of sp³-hybridized carbons (Fsp3) is 0.333. The van der Waals surface area contributed by atoms with Crippen LogP contribution in [0.2, 0.25) is 0 Å². The van der Waals surface area contributed by atoms with Crippen LogP contribution in [0, 0.1) is 5.92 Å². The maximum absolute atomic E-state index is 12.7. The Morgan fingerprint density at radius 3 is 2.50 bits per heavy atom. The topological polar surface area (TPSA) is 49.8 Å². The van der Waals surface area contributed by atoms with Crippen molar-refractivity contribution in [3.05, 3.63) is 42.2 Å². The molecular formula is C15H17F3N4. The van der Waals surface area contributed by atoms with Gasteiger partial charge in [0.2, 0.25) is 0 Å². The number of alkyl halides is 3. The van der Waals surface area contributed by atoms with Gasteiger partial charge in [-0.2, -0.15) is 13.2 Å². The van der Waals surface area contributed by atoms with Gasteiger partial charge in [0.25, 0.3) is 0 Å². The molecule has 2 rings (SSSR count). The van der Waals surface area contributed by atoms with Crippen molar-refractivity contribution in [2.24, 2.45) is 5.92 Å². The Hall–Kier alpha value is -2.31. The van der Waals surface area contributed by atoms with E-state index in [1.165, 1.54) is 12.4 Å². The van der Waals surface area contributed by atoms with Crippen molar-refractivity contribution in [2.45, 2.75) is 20.0 Å². The molecule has 0 spiro atoms. The summed E-state index contributed by atoms with van der Waals surface area (Å²) >= 11 is 0. The van der Waals surface area contributed by atoms with Gasteiger partial charge in [-0.25, -0.2) is 9.97 Å². The number of hydrogen-bond acceptors (Lipinski definition) is 4. The first-order valence-corrected chi connectivity index (χ1v) is 6.85. The predicted octanol–water partition coefficient (Wildman–Crippen LogP) is 4.31. The van der Waals surface area contributed by atoms with Crippen LogP contribution in [0.5, 0.6) is 0 Å². The Balaban J connectivity index is 2.12. The minimum Gasteiger partial charge on any atom is -0.370 e. The van der Waals surface area contributed by atoms with E-state index in [4.69, 9.17) is 0 Å². The van der Waals surface area contributed by atoms with E-state index >= 15 is 0 Å². The minimum atomic E-state index is -4.37. The molecule has 0 bridgehead atoms. The van der Waals surface area contributed by atoms with E-state index in [1.54, 1.807) is 12.1 Å². The molecule has 4 nitrogen and oxygen atoms in total. The van der Waals surface area contributed by atoms with E-state index < -0.39 is 11.7 Å². The quantitative estimate of drug-likeness (QED) is 0.864. The lowest BCUT2D eigenvalue weighted by Gasteiger charge is -2.11. The van der Waals surface area contributed by atoms with Crippen molar-refractivity contribution < 1.29 is 13.2 Å². The highest BCUT2D eigenvalue weighted by Gasteiger charge is 2.30. The van der Waals surface area contributed by atoms with Gasteiger partial charge in [0.05, 0.1) is 5.56 Å². The van der Waals surface area contributed by atoms with Crippen molar-refractivity contribution in [2.75, 3.05) is 17.2 Å². The highest BCUT2D eigenvalue weighted by molar-refractivity contribution is 5.59. The molecule has 1 heterocycles. The SMILES string of the molecule is CC(C)CNc1cc(Nc2cccc(C(F)(F)F)c2)ncn1. The Kier molecular flexibility index (Phi) is 4.85. The third-order valence-corrected chi connectivity index (χ3v) is 2.82. The van der Waals surface area contributed by atoms with Gasteiger partial charge in [-0.1, -0.05) is 19.9 Å². The zero-order valence-electron chi connectivity index (χ0n) is 12.3. The highest BCUT2D eigenvalue weighted by Crippen LogP contribution is 2.31. The Morgan fingerprint density at radius 2 is 1.82 bits per heavy atom. The summed E-state index contributed by atoms with van der Waals surface area (Å²) in [6.07, 6.45) is -3.01. The van der Waals surface area contributed by atoms with E-state index in [-0.39, 0.29) is 0 Å². The summed E-state index contributed by atoms with van der Waals surface area (Å²) < 4.78 is 38.1. The minimum absolute atomic E-state index is 0.323. The van der Waals surface area contributed by atoms with Crippen LogP contribution < -0.4 is 10.6 Å². The van der Waals surface area contributed by atoms with Crippen LogP contribution in [-0.4, -0.2) is 16.5 Å². The second-order valence-electron chi connectivity index (χ2n) is 5.27. The second-order valence-corrected chi connectivity index (χ2v) is 5.27. The summed E-state index contributed by atoms with van der Waals surface area (Å²) in [5, 5.41) is 5.99. The van der Waals surface area contributed by atoms with Gasteiger partial charge in [0.1, 0.15) is 18.0 Å². The predicted molar refractivity (Wildman–Crippen MR) is 80.1 cm³/mol. The molecule has 0 saturated heterocycles. The number of rotatable bonds is 5. The molecule has 0 radical (unpaired) electrons. The van der Waals surface area contributed by atoms with E-state index in [0.29, 0.717) is 23.2 Å². The Bertz CT molecular complexity index is 626. The van der Waals surface area contributed by atoms with Crippen LogP contribution in [0.25, 0.3) is 0 Å².